The van der Waals surface area contributed by atoms with E-state index in [-0.39, 0.29) is 23.5 Å². The van der Waals surface area contributed by atoms with Crippen molar-refractivity contribution < 1.29 is 13.9 Å². The predicted octanol–water partition coefficient (Wildman–Crippen LogP) is 4.21. The lowest BCUT2D eigenvalue weighted by Crippen LogP contribution is -2.49. The molecule has 5 rings (SSSR count). The fourth-order valence-corrected chi connectivity index (χ4v) is 5.06. The van der Waals surface area contributed by atoms with Crippen LogP contribution in [0.25, 0.3) is 5.69 Å². The Kier molecular flexibility index (Phi) is 7.88. The van der Waals surface area contributed by atoms with E-state index in [0.717, 1.165) is 29.9 Å². The topological polar surface area (TPSA) is 72.6 Å². The lowest BCUT2D eigenvalue weighted by Gasteiger charge is -2.39. The van der Waals surface area contributed by atoms with Crippen molar-refractivity contribution in [2.75, 3.05) is 37.7 Å². The molecule has 2 atom stereocenters. The average Bonchev–Trinajstić information content (AvgIpc) is 3.35. The molecule has 202 valence electrons. The lowest BCUT2D eigenvalue weighted by atomic mass is 10.0. The van der Waals surface area contributed by atoms with Crippen LogP contribution in [0.3, 0.4) is 0 Å². The largest absolute Gasteiger partial charge is 0.465 e. The van der Waals surface area contributed by atoms with E-state index in [2.05, 4.69) is 14.9 Å². The van der Waals surface area contributed by atoms with E-state index in [0.29, 0.717) is 25.4 Å². The van der Waals surface area contributed by atoms with Crippen LogP contribution in [0, 0.1) is 5.82 Å². The van der Waals surface area contributed by atoms with Crippen LogP contribution in [-0.2, 0) is 9.53 Å². The molecule has 4 aromatic rings. The molecule has 1 aliphatic rings. The molecule has 3 aromatic carbocycles. The van der Waals surface area contributed by atoms with Gasteiger partial charge in [0.2, 0.25) is 0 Å². The van der Waals surface area contributed by atoms with Crippen LogP contribution in [0.2, 0.25) is 0 Å². The number of nitrogens with zero attached hydrogens (tertiary/aromatic N) is 5. The number of hydrogen-bond donors (Lipinski definition) is 0. The van der Waals surface area contributed by atoms with Gasteiger partial charge in [0.05, 0.1) is 18.3 Å². The van der Waals surface area contributed by atoms with Gasteiger partial charge in [-0.2, -0.15) is 5.10 Å². The minimum atomic E-state index is -0.420. The second kappa shape index (κ2) is 11.7. The maximum Gasteiger partial charge on any atom is 0.350 e. The van der Waals surface area contributed by atoms with E-state index in [1.165, 1.54) is 27.7 Å². The number of ether oxygens (including phenoxy) is 1. The number of esters is 1. The molecule has 0 N–H and O–H groups in total. The first-order chi connectivity index (χ1) is 19.0. The molecule has 1 saturated heterocycles. The van der Waals surface area contributed by atoms with Gasteiger partial charge in [-0.05, 0) is 61.4 Å². The van der Waals surface area contributed by atoms with Crippen LogP contribution < -0.4 is 10.6 Å². The molecule has 1 fully saturated rings. The maximum atomic E-state index is 13.3. The number of anilines is 1. The molecule has 0 amide bonds. The highest BCUT2D eigenvalue weighted by atomic mass is 19.1. The SMILES string of the molecule is CCOC(=O)C(c1ccccc1)N1CCN(c2ccc(-n3cnn(C(C)c4ccc(F)cc4)c3=O)cc2)CC1. The van der Waals surface area contributed by atoms with E-state index in [9.17, 15) is 14.0 Å². The third-order valence-electron chi connectivity index (χ3n) is 7.21. The van der Waals surface area contributed by atoms with E-state index in [1.807, 2.05) is 68.4 Å². The standard InChI is InChI=1S/C30H32FN5O3/c1-3-39-29(37)28(24-7-5-4-6-8-24)34-19-17-33(18-20-34)26-13-15-27(16-14-26)35-21-32-36(30(35)38)22(2)23-9-11-25(31)12-10-23/h4-16,21-22,28H,3,17-20H2,1-2H3. The maximum absolute atomic E-state index is 13.3. The summed E-state index contributed by atoms with van der Waals surface area (Å²) in [5.74, 6) is -0.540. The van der Waals surface area contributed by atoms with Crippen LogP contribution in [0.5, 0.6) is 0 Å². The van der Waals surface area contributed by atoms with Crippen molar-refractivity contribution in [3.05, 3.63) is 113 Å². The molecule has 0 aliphatic carbocycles. The van der Waals surface area contributed by atoms with Crippen molar-refractivity contribution in [3.8, 4) is 5.69 Å². The molecular formula is C30H32FN5O3. The van der Waals surface area contributed by atoms with E-state index in [4.69, 9.17) is 4.74 Å². The molecule has 1 aliphatic heterocycles. The third kappa shape index (κ3) is 5.63. The normalized spacial score (nSPS) is 15.6. The van der Waals surface area contributed by atoms with Gasteiger partial charge in [-0.1, -0.05) is 42.5 Å². The molecule has 1 aromatic heterocycles. The second-order valence-electron chi connectivity index (χ2n) is 9.56. The Morgan fingerprint density at radius 2 is 1.54 bits per heavy atom. The van der Waals surface area contributed by atoms with Gasteiger partial charge in [0.25, 0.3) is 0 Å². The summed E-state index contributed by atoms with van der Waals surface area (Å²) in [6, 6.07) is 22.9. The smallest absolute Gasteiger partial charge is 0.350 e. The monoisotopic (exact) mass is 529 g/mol. The lowest BCUT2D eigenvalue weighted by molar-refractivity contribution is -0.150. The summed E-state index contributed by atoms with van der Waals surface area (Å²) in [6.07, 6.45) is 1.51. The van der Waals surface area contributed by atoms with E-state index < -0.39 is 6.04 Å². The molecular weight excluding hydrogens is 497 g/mol. The molecule has 0 saturated carbocycles. The van der Waals surface area contributed by atoms with Crippen LogP contribution in [0.1, 0.15) is 37.1 Å². The number of benzene rings is 3. The summed E-state index contributed by atoms with van der Waals surface area (Å²) in [5, 5.41) is 4.30. The molecule has 0 bridgehead atoms. The predicted molar refractivity (Wildman–Crippen MR) is 148 cm³/mol. The van der Waals surface area contributed by atoms with Crippen molar-refractivity contribution in [2.45, 2.75) is 25.9 Å². The van der Waals surface area contributed by atoms with Gasteiger partial charge in [0.15, 0.2) is 0 Å². The molecule has 2 heterocycles. The van der Waals surface area contributed by atoms with Gasteiger partial charge >= 0.3 is 11.7 Å². The van der Waals surface area contributed by atoms with Crippen molar-refractivity contribution in [1.82, 2.24) is 19.2 Å². The minimum absolute atomic E-state index is 0.221. The number of aromatic nitrogens is 3. The van der Waals surface area contributed by atoms with Crippen LogP contribution >= 0.6 is 0 Å². The first-order valence-corrected chi connectivity index (χ1v) is 13.2. The van der Waals surface area contributed by atoms with Gasteiger partial charge in [0.1, 0.15) is 18.2 Å². The Morgan fingerprint density at radius 3 is 2.18 bits per heavy atom. The highest BCUT2D eigenvalue weighted by Crippen LogP contribution is 2.26. The van der Waals surface area contributed by atoms with Gasteiger partial charge in [0, 0.05) is 31.9 Å². The molecule has 0 radical (unpaired) electrons. The molecule has 0 spiro atoms. The van der Waals surface area contributed by atoms with Crippen molar-refractivity contribution in [3.63, 3.8) is 0 Å². The van der Waals surface area contributed by atoms with Crippen molar-refractivity contribution in [2.24, 2.45) is 0 Å². The average molecular weight is 530 g/mol. The highest BCUT2D eigenvalue weighted by molar-refractivity contribution is 5.77. The fraction of sp³-hybridized carbons (Fsp3) is 0.300. The number of rotatable bonds is 8. The number of carbonyl (C=O) groups excluding carboxylic acids is 1. The van der Waals surface area contributed by atoms with Crippen LogP contribution in [0.15, 0.2) is 90.0 Å². The first kappa shape index (κ1) is 26.4. The molecule has 8 nitrogen and oxygen atoms in total. The minimum Gasteiger partial charge on any atom is -0.465 e. The molecule has 39 heavy (non-hydrogen) atoms. The fourth-order valence-electron chi connectivity index (χ4n) is 5.06. The van der Waals surface area contributed by atoms with Gasteiger partial charge < -0.3 is 9.64 Å². The summed E-state index contributed by atoms with van der Waals surface area (Å²) in [5.41, 5.74) is 3.24. The van der Waals surface area contributed by atoms with Gasteiger partial charge in [-0.15, -0.1) is 0 Å². The Bertz CT molecular complexity index is 1440. The Balaban J connectivity index is 1.27. The Labute approximate surface area is 226 Å². The van der Waals surface area contributed by atoms with Crippen LogP contribution in [-0.4, -0.2) is 58.0 Å². The summed E-state index contributed by atoms with van der Waals surface area (Å²) in [4.78, 5) is 30.3. The quantitative estimate of drug-likeness (QED) is 0.319. The number of carbonyl (C=O) groups is 1. The summed E-state index contributed by atoms with van der Waals surface area (Å²) >= 11 is 0. The summed E-state index contributed by atoms with van der Waals surface area (Å²) in [7, 11) is 0. The van der Waals surface area contributed by atoms with Crippen molar-refractivity contribution >= 4 is 11.7 Å². The van der Waals surface area contributed by atoms with E-state index in [1.54, 1.807) is 12.1 Å². The Morgan fingerprint density at radius 1 is 0.897 bits per heavy atom. The van der Waals surface area contributed by atoms with Gasteiger partial charge in [-0.25, -0.2) is 23.2 Å². The summed E-state index contributed by atoms with van der Waals surface area (Å²) < 4.78 is 21.6. The second-order valence-corrected chi connectivity index (χ2v) is 9.56. The third-order valence-corrected chi connectivity index (χ3v) is 7.21. The van der Waals surface area contributed by atoms with Gasteiger partial charge in [-0.3, -0.25) is 4.90 Å². The van der Waals surface area contributed by atoms with Crippen LogP contribution in [0.4, 0.5) is 10.1 Å². The highest BCUT2D eigenvalue weighted by Gasteiger charge is 2.31. The number of hydrogen-bond acceptors (Lipinski definition) is 6. The molecule has 9 heteroatoms. The summed E-state index contributed by atoms with van der Waals surface area (Å²) in [6.45, 7) is 6.99. The van der Waals surface area contributed by atoms with Crippen molar-refractivity contribution in [1.29, 1.82) is 0 Å². The van der Waals surface area contributed by atoms with E-state index >= 15 is 0 Å². The number of halogens is 1. The molecule has 2 unspecified atom stereocenters. The zero-order valence-electron chi connectivity index (χ0n) is 22.1. The first-order valence-electron chi connectivity index (χ1n) is 13.2. The number of piperazine rings is 1. The Hall–Kier alpha value is -4.24. The zero-order chi connectivity index (χ0) is 27.4. The zero-order valence-corrected chi connectivity index (χ0v) is 22.1.